The van der Waals surface area contributed by atoms with Crippen molar-refractivity contribution < 1.29 is 10.2 Å². The molecule has 1 rings (SSSR count). The largest absolute Gasteiger partial charge is 0.390 e. The molecule has 1 aromatic carbocycles. The predicted octanol–water partition coefficient (Wildman–Crippen LogP) is 2.83. The average molecular weight is 294 g/mol. The van der Waals surface area contributed by atoms with Crippen LogP contribution in [0.3, 0.4) is 0 Å². The van der Waals surface area contributed by atoms with Gasteiger partial charge in [-0.05, 0) is 36.6 Å². The Morgan fingerprint density at radius 2 is 2.07 bits per heavy atom. The molecule has 0 amide bonds. The Kier molecular flexibility index (Phi) is 5.06. The summed E-state index contributed by atoms with van der Waals surface area (Å²) in [6, 6.07) is 5.24. The van der Waals surface area contributed by atoms with Gasteiger partial charge in [0.1, 0.15) is 6.10 Å². The van der Waals surface area contributed by atoms with Crippen LogP contribution in [0.2, 0.25) is 5.02 Å². The molecule has 0 aromatic heterocycles. The molecule has 0 heterocycles. The van der Waals surface area contributed by atoms with Crippen LogP contribution in [0, 0.1) is 6.92 Å². The van der Waals surface area contributed by atoms with Gasteiger partial charge in [-0.2, -0.15) is 0 Å². The molecule has 0 aliphatic carbocycles. The molecule has 0 saturated heterocycles. The van der Waals surface area contributed by atoms with Gasteiger partial charge in [0.15, 0.2) is 0 Å². The Labute approximate surface area is 103 Å². The van der Waals surface area contributed by atoms with Crippen molar-refractivity contribution in [1.29, 1.82) is 0 Å². The lowest BCUT2D eigenvalue weighted by atomic mass is 9.98. The first-order chi connectivity index (χ1) is 7.06. The summed E-state index contributed by atoms with van der Waals surface area (Å²) in [5, 5.41) is 20.8. The van der Waals surface area contributed by atoms with E-state index in [0.29, 0.717) is 16.8 Å². The molecule has 2 atom stereocenters. The van der Waals surface area contributed by atoms with Crippen molar-refractivity contribution in [1.82, 2.24) is 0 Å². The van der Waals surface area contributed by atoms with E-state index in [1.54, 1.807) is 18.2 Å². The Morgan fingerprint density at radius 3 is 2.60 bits per heavy atom. The summed E-state index contributed by atoms with van der Waals surface area (Å²) in [4.78, 5) is 0. The molecule has 2 nitrogen and oxygen atoms in total. The summed E-state index contributed by atoms with van der Waals surface area (Å²) in [7, 11) is 0. The van der Waals surface area contributed by atoms with Crippen molar-refractivity contribution in [3.05, 3.63) is 34.3 Å². The van der Waals surface area contributed by atoms with E-state index in [4.69, 9.17) is 11.6 Å². The fourth-order valence-electron chi connectivity index (χ4n) is 1.45. The van der Waals surface area contributed by atoms with Gasteiger partial charge in [0.25, 0.3) is 0 Å². The average Bonchev–Trinajstić information content (AvgIpc) is 2.17. The van der Waals surface area contributed by atoms with Gasteiger partial charge in [0.2, 0.25) is 0 Å². The molecular formula is C11H14BrClO2. The second-order valence-electron chi connectivity index (χ2n) is 3.49. The molecule has 2 N–H and O–H groups in total. The highest BCUT2D eigenvalue weighted by Crippen LogP contribution is 2.25. The second kappa shape index (κ2) is 5.85. The van der Waals surface area contributed by atoms with Crippen molar-refractivity contribution in [3.63, 3.8) is 0 Å². The standard InChI is InChI=1S/C11H14BrClO2/c1-7-6-8(13)2-3-9(7)11(15)10(14)4-5-12/h2-3,6,10-11,14-15H,4-5H2,1H3. The number of aliphatic hydroxyl groups is 2. The van der Waals surface area contributed by atoms with Crippen LogP contribution < -0.4 is 0 Å². The number of halogens is 2. The summed E-state index contributed by atoms with van der Waals surface area (Å²) < 4.78 is 0. The van der Waals surface area contributed by atoms with Gasteiger partial charge in [-0.15, -0.1) is 0 Å². The highest BCUT2D eigenvalue weighted by atomic mass is 79.9. The number of hydrogen-bond acceptors (Lipinski definition) is 2. The summed E-state index contributed by atoms with van der Waals surface area (Å²) in [6.45, 7) is 1.87. The lowest BCUT2D eigenvalue weighted by molar-refractivity contribution is 0.0170. The van der Waals surface area contributed by atoms with E-state index in [1.807, 2.05) is 6.92 Å². The van der Waals surface area contributed by atoms with E-state index in [0.717, 1.165) is 11.1 Å². The number of aliphatic hydroxyl groups excluding tert-OH is 2. The van der Waals surface area contributed by atoms with Crippen LogP contribution in [0.4, 0.5) is 0 Å². The summed E-state index contributed by atoms with van der Waals surface area (Å²) in [5.41, 5.74) is 1.62. The van der Waals surface area contributed by atoms with Gasteiger partial charge in [0, 0.05) is 10.4 Å². The normalized spacial score (nSPS) is 15.0. The fourth-order valence-corrected chi connectivity index (χ4v) is 2.14. The quantitative estimate of drug-likeness (QED) is 0.838. The summed E-state index contributed by atoms with van der Waals surface area (Å²) in [6.07, 6.45) is -1.08. The topological polar surface area (TPSA) is 40.5 Å². The maximum atomic E-state index is 9.88. The van der Waals surface area contributed by atoms with E-state index in [-0.39, 0.29) is 0 Å². The van der Waals surface area contributed by atoms with Crippen LogP contribution in [-0.2, 0) is 0 Å². The molecule has 0 aliphatic heterocycles. The monoisotopic (exact) mass is 292 g/mol. The first kappa shape index (κ1) is 13.0. The van der Waals surface area contributed by atoms with Crippen LogP contribution >= 0.6 is 27.5 Å². The molecule has 0 spiro atoms. The van der Waals surface area contributed by atoms with E-state index < -0.39 is 12.2 Å². The molecule has 84 valence electrons. The minimum Gasteiger partial charge on any atom is -0.390 e. The Bertz CT molecular complexity index is 330. The van der Waals surface area contributed by atoms with E-state index in [9.17, 15) is 10.2 Å². The summed E-state index contributed by atoms with van der Waals surface area (Å²) >= 11 is 9.04. The van der Waals surface area contributed by atoms with Gasteiger partial charge in [0.05, 0.1) is 6.10 Å². The van der Waals surface area contributed by atoms with Crippen LogP contribution in [-0.4, -0.2) is 21.6 Å². The maximum Gasteiger partial charge on any atom is 0.105 e. The lowest BCUT2D eigenvalue weighted by Gasteiger charge is -2.19. The lowest BCUT2D eigenvalue weighted by Crippen LogP contribution is -2.19. The zero-order valence-electron chi connectivity index (χ0n) is 8.45. The predicted molar refractivity (Wildman–Crippen MR) is 65.6 cm³/mol. The van der Waals surface area contributed by atoms with Gasteiger partial charge in [-0.3, -0.25) is 0 Å². The zero-order chi connectivity index (χ0) is 11.4. The zero-order valence-corrected chi connectivity index (χ0v) is 10.8. The van der Waals surface area contributed by atoms with Crippen molar-refractivity contribution in [2.24, 2.45) is 0 Å². The molecule has 0 aliphatic rings. The third-order valence-corrected chi connectivity index (χ3v) is 3.01. The van der Waals surface area contributed by atoms with Crippen molar-refractivity contribution >= 4 is 27.5 Å². The third-order valence-electron chi connectivity index (χ3n) is 2.32. The van der Waals surface area contributed by atoms with E-state index in [1.165, 1.54) is 0 Å². The van der Waals surface area contributed by atoms with Crippen molar-refractivity contribution in [2.75, 3.05) is 5.33 Å². The highest BCUT2D eigenvalue weighted by molar-refractivity contribution is 9.09. The Morgan fingerprint density at radius 1 is 1.40 bits per heavy atom. The van der Waals surface area contributed by atoms with Crippen LogP contribution in [0.25, 0.3) is 0 Å². The van der Waals surface area contributed by atoms with Gasteiger partial charge >= 0.3 is 0 Å². The van der Waals surface area contributed by atoms with Crippen LogP contribution in [0.5, 0.6) is 0 Å². The number of benzene rings is 1. The van der Waals surface area contributed by atoms with Gasteiger partial charge < -0.3 is 10.2 Å². The van der Waals surface area contributed by atoms with E-state index in [2.05, 4.69) is 15.9 Å². The van der Waals surface area contributed by atoms with Gasteiger partial charge in [-0.25, -0.2) is 0 Å². The third kappa shape index (κ3) is 3.45. The van der Waals surface area contributed by atoms with Crippen LogP contribution in [0.15, 0.2) is 18.2 Å². The SMILES string of the molecule is Cc1cc(Cl)ccc1C(O)C(O)CCBr. The molecular weight excluding hydrogens is 279 g/mol. The molecule has 15 heavy (non-hydrogen) atoms. The first-order valence-corrected chi connectivity index (χ1v) is 6.24. The minimum absolute atomic E-state index is 0.517. The molecule has 1 aromatic rings. The molecule has 0 fully saturated rings. The molecule has 0 saturated carbocycles. The van der Waals surface area contributed by atoms with Crippen molar-refractivity contribution in [3.8, 4) is 0 Å². The molecule has 2 unspecified atom stereocenters. The highest BCUT2D eigenvalue weighted by Gasteiger charge is 2.19. The van der Waals surface area contributed by atoms with Crippen LogP contribution in [0.1, 0.15) is 23.7 Å². The number of alkyl halides is 1. The number of aryl methyl sites for hydroxylation is 1. The number of hydrogen-bond donors (Lipinski definition) is 2. The smallest absolute Gasteiger partial charge is 0.105 e. The fraction of sp³-hybridized carbons (Fsp3) is 0.455. The molecule has 0 radical (unpaired) electrons. The Balaban J connectivity index is 2.86. The molecule has 0 bridgehead atoms. The minimum atomic E-state index is -0.847. The van der Waals surface area contributed by atoms with E-state index >= 15 is 0 Å². The van der Waals surface area contributed by atoms with Gasteiger partial charge in [-0.1, -0.05) is 33.6 Å². The molecule has 4 heteroatoms. The second-order valence-corrected chi connectivity index (χ2v) is 4.72. The summed E-state index contributed by atoms with van der Waals surface area (Å²) in [5.74, 6) is 0. The van der Waals surface area contributed by atoms with Crippen molar-refractivity contribution in [2.45, 2.75) is 25.6 Å². The Hall–Kier alpha value is -0.0900. The first-order valence-electron chi connectivity index (χ1n) is 4.74. The maximum absolute atomic E-state index is 9.88. The number of rotatable bonds is 4.